The number of aliphatic hydroxyl groups is 1. The minimum atomic E-state index is -1.46. The smallest absolute Gasteiger partial charge is 0.246 e. The fourth-order valence-corrected chi connectivity index (χ4v) is 5.66. The van der Waals surface area contributed by atoms with Crippen molar-refractivity contribution in [2.45, 2.75) is 102 Å². The van der Waals surface area contributed by atoms with Gasteiger partial charge in [-0.15, -0.1) is 6.58 Å². The number of primary amides is 2. The molecule has 0 radical (unpaired) electrons. The molecule has 7 amide bonds. The molecule has 0 aromatic heterocycles. The molecule has 0 fully saturated rings. The van der Waals surface area contributed by atoms with Crippen LogP contribution in [0.1, 0.15) is 65.4 Å². The van der Waals surface area contributed by atoms with Crippen LogP contribution in [0.2, 0.25) is 0 Å². The van der Waals surface area contributed by atoms with E-state index in [-0.39, 0.29) is 63.0 Å². The van der Waals surface area contributed by atoms with Crippen molar-refractivity contribution in [3.05, 3.63) is 48.6 Å². The highest BCUT2D eigenvalue weighted by atomic mass is 16.3. The lowest BCUT2D eigenvalue weighted by atomic mass is 9.97. The zero-order valence-corrected chi connectivity index (χ0v) is 32.7. The molecule has 0 heterocycles. The van der Waals surface area contributed by atoms with E-state index in [0.29, 0.717) is 5.56 Å². The SMILES string of the molecule is C=CCN(C(=O)[C@H](Cc1ccccc1)NC(=O)[C@@H](N)CO)[C@@H](CC(C)C)C(=O)N[C@@H](CC(C)C)C(=O)N[C@@H](CCCN=C(N)N)C(=O)N[C@@H](CC(N)=O)C(N)=O. The molecule has 312 valence electrons. The summed E-state index contributed by atoms with van der Waals surface area (Å²) in [5.41, 5.74) is 27.9. The highest BCUT2D eigenvalue weighted by Gasteiger charge is 2.37. The van der Waals surface area contributed by atoms with Crippen molar-refractivity contribution in [1.29, 1.82) is 0 Å². The van der Waals surface area contributed by atoms with Gasteiger partial charge in [-0.05, 0) is 43.1 Å². The molecule has 1 rings (SSSR count). The Hall–Kier alpha value is -5.56. The average Bonchev–Trinajstić information content (AvgIpc) is 3.12. The number of nitrogens with two attached hydrogens (primary N) is 5. The van der Waals surface area contributed by atoms with E-state index >= 15 is 0 Å². The maximum absolute atomic E-state index is 14.4. The van der Waals surface area contributed by atoms with Gasteiger partial charge in [-0.3, -0.25) is 38.6 Å². The van der Waals surface area contributed by atoms with Gasteiger partial charge in [0.05, 0.1) is 13.0 Å². The Morgan fingerprint density at radius 2 is 1.34 bits per heavy atom. The summed E-state index contributed by atoms with van der Waals surface area (Å²) in [4.78, 5) is 97.5. The van der Waals surface area contributed by atoms with Crippen LogP contribution in [0.3, 0.4) is 0 Å². The monoisotopic (exact) mass is 787 g/mol. The fourth-order valence-electron chi connectivity index (χ4n) is 5.66. The standard InChI is InChI=1S/C37H61N11O8/c1-6-15-48(36(56)28(47-32(52)24(38)20-49)18-23-11-8-7-9-12-23)29(17-22(4)5)35(55)46-27(16-21(2)3)34(54)44-25(13-10-14-43-37(41)42)33(53)45-26(31(40)51)19-30(39)50/h6-9,11-12,21-22,24-29,49H,1,10,13-20,38H2,2-5H3,(H2,39,50)(H2,40,51)(H,44,54)(H,45,53)(H,46,55)(H,47,52)(H4,41,42,43)/t24-,25-,26-,27-,28-,29-/m0/s1. The van der Waals surface area contributed by atoms with Crippen LogP contribution >= 0.6 is 0 Å². The molecular formula is C37H61N11O8. The largest absolute Gasteiger partial charge is 0.394 e. The lowest BCUT2D eigenvalue weighted by Crippen LogP contribution is -2.61. The maximum Gasteiger partial charge on any atom is 0.246 e. The summed E-state index contributed by atoms with van der Waals surface area (Å²) >= 11 is 0. The molecule has 56 heavy (non-hydrogen) atoms. The van der Waals surface area contributed by atoms with Crippen LogP contribution in [-0.4, -0.2) is 113 Å². The van der Waals surface area contributed by atoms with Gasteiger partial charge in [-0.25, -0.2) is 0 Å². The summed E-state index contributed by atoms with van der Waals surface area (Å²) in [6.07, 6.45) is 1.32. The van der Waals surface area contributed by atoms with Crippen LogP contribution in [0.5, 0.6) is 0 Å². The van der Waals surface area contributed by atoms with Crippen molar-refractivity contribution in [2.75, 3.05) is 19.7 Å². The van der Waals surface area contributed by atoms with Gasteiger partial charge in [0, 0.05) is 19.5 Å². The molecule has 0 saturated carbocycles. The third-order valence-electron chi connectivity index (χ3n) is 8.40. The van der Waals surface area contributed by atoms with Gasteiger partial charge < -0.3 is 59.9 Å². The van der Waals surface area contributed by atoms with E-state index in [9.17, 15) is 38.7 Å². The van der Waals surface area contributed by atoms with E-state index < -0.39 is 90.6 Å². The zero-order chi connectivity index (χ0) is 42.5. The first kappa shape index (κ1) is 48.5. The molecule has 0 aliphatic carbocycles. The maximum atomic E-state index is 14.4. The second-order valence-electron chi connectivity index (χ2n) is 14.3. The van der Waals surface area contributed by atoms with E-state index in [1.807, 2.05) is 27.7 Å². The zero-order valence-electron chi connectivity index (χ0n) is 32.7. The molecule has 0 aliphatic rings. The van der Waals surface area contributed by atoms with Gasteiger partial charge in [0.2, 0.25) is 41.4 Å². The van der Waals surface area contributed by atoms with E-state index in [1.165, 1.54) is 11.0 Å². The first-order valence-electron chi connectivity index (χ1n) is 18.5. The lowest BCUT2D eigenvalue weighted by molar-refractivity contribution is -0.144. The molecule has 19 nitrogen and oxygen atoms in total. The number of aliphatic imine (C=N–C) groups is 1. The highest BCUT2D eigenvalue weighted by molar-refractivity contribution is 5.97. The molecule has 1 aromatic carbocycles. The Labute approximate surface area is 328 Å². The minimum Gasteiger partial charge on any atom is -0.394 e. The third kappa shape index (κ3) is 17.7. The molecule has 0 unspecified atom stereocenters. The van der Waals surface area contributed by atoms with Gasteiger partial charge in [-0.2, -0.15) is 0 Å². The summed E-state index contributed by atoms with van der Waals surface area (Å²) in [7, 11) is 0. The summed E-state index contributed by atoms with van der Waals surface area (Å²) in [6, 6.07) is 1.23. The first-order chi connectivity index (χ1) is 26.3. The Bertz CT molecular complexity index is 1520. The number of nitrogens with one attached hydrogen (secondary N) is 4. The predicted octanol–water partition coefficient (Wildman–Crippen LogP) is -2.62. The van der Waals surface area contributed by atoms with Crippen molar-refractivity contribution < 1.29 is 38.7 Å². The van der Waals surface area contributed by atoms with Crippen molar-refractivity contribution in [2.24, 2.45) is 45.5 Å². The second kappa shape index (κ2) is 24.8. The number of aliphatic hydroxyl groups excluding tert-OH is 1. The van der Waals surface area contributed by atoms with Crippen LogP contribution in [0.25, 0.3) is 0 Å². The number of guanidine groups is 1. The molecule has 0 spiro atoms. The van der Waals surface area contributed by atoms with Crippen LogP contribution in [0.4, 0.5) is 0 Å². The molecular weight excluding hydrogens is 726 g/mol. The Morgan fingerprint density at radius 1 is 0.786 bits per heavy atom. The molecule has 0 aliphatic heterocycles. The second-order valence-corrected chi connectivity index (χ2v) is 14.3. The van der Waals surface area contributed by atoms with Gasteiger partial charge in [0.1, 0.15) is 36.3 Å². The summed E-state index contributed by atoms with van der Waals surface area (Å²) in [5.74, 6) is -6.08. The Morgan fingerprint density at radius 3 is 1.86 bits per heavy atom. The minimum absolute atomic E-state index is 0.0230. The van der Waals surface area contributed by atoms with Gasteiger partial charge in [0.15, 0.2) is 5.96 Å². The highest BCUT2D eigenvalue weighted by Crippen LogP contribution is 2.17. The third-order valence-corrected chi connectivity index (χ3v) is 8.40. The van der Waals surface area contributed by atoms with Crippen molar-refractivity contribution >= 4 is 47.3 Å². The predicted molar refractivity (Wildman–Crippen MR) is 210 cm³/mol. The van der Waals surface area contributed by atoms with Crippen LogP contribution < -0.4 is 49.9 Å². The molecule has 15 N–H and O–H groups in total. The summed E-state index contributed by atoms with van der Waals surface area (Å²) in [5, 5.41) is 19.9. The van der Waals surface area contributed by atoms with Gasteiger partial charge in [-0.1, -0.05) is 64.1 Å². The van der Waals surface area contributed by atoms with E-state index in [1.54, 1.807) is 30.3 Å². The normalized spacial score (nSPS) is 14.2. The number of hydrogen-bond acceptors (Lipinski definition) is 10. The van der Waals surface area contributed by atoms with E-state index in [2.05, 4.69) is 32.8 Å². The number of benzene rings is 1. The number of carbonyl (C=O) groups is 7. The number of hydrogen-bond donors (Lipinski definition) is 10. The van der Waals surface area contributed by atoms with Gasteiger partial charge in [0.25, 0.3) is 0 Å². The summed E-state index contributed by atoms with van der Waals surface area (Å²) < 4.78 is 0. The molecule has 19 heteroatoms. The topological polar surface area (TPSA) is 334 Å². The molecule has 0 saturated heterocycles. The molecule has 0 bridgehead atoms. The van der Waals surface area contributed by atoms with Crippen molar-refractivity contribution in [3.8, 4) is 0 Å². The fraction of sp³-hybridized carbons (Fsp3) is 0.568. The first-order valence-corrected chi connectivity index (χ1v) is 18.5. The number of carbonyl (C=O) groups excluding carboxylic acids is 7. The average molecular weight is 788 g/mol. The number of nitrogens with zero attached hydrogens (tertiary/aromatic N) is 2. The molecule has 1 aromatic rings. The Kier molecular flexibility index (Phi) is 21.4. The van der Waals surface area contributed by atoms with Crippen LogP contribution in [0.15, 0.2) is 48.0 Å². The van der Waals surface area contributed by atoms with E-state index in [4.69, 9.17) is 28.7 Å². The van der Waals surface area contributed by atoms with Gasteiger partial charge >= 0.3 is 0 Å². The summed E-state index contributed by atoms with van der Waals surface area (Å²) in [6.45, 7) is 10.4. The quantitative estimate of drug-likeness (QED) is 0.0201. The number of amides is 7. The molecule has 6 atom stereocenters. The van der Waals surface area contributed by atoms with E-state index in [0.717, 1.165) is 0 Å². The Balaban J connectivity index is 3.55. The van der Waals surface area contributed by atoms with Crippen LogP contribution in [0, 0.1) is 11.8 Å². The lowest BCUT2D eigenvalue weighted by Gasteiger charge is -2.35. The number of rotatable bonds is 26. The van der Waals surface area contributed by atoms with Crippen molar-refractivity contribution in [3.63, 3.8) is 0 Å². The van der Waals surface area contributed by atoms with Crippen LogP contribution in [-0.2, 0) is 40.0 Å². The van der Waals surface area contributed by atoms with Crippen molar-refractivity contribution in [1.82, 2.24) is 26.2 Å².